The molecule has 37 heavy (non-hydrogen) atoms. The molecule has 0 spiro atoms. The highest BCUT2D eigenvalue weighted by Crippen LogP contribution is 2.28. The number of rotatable bonds is 11. The summed E-state index contributed by atoms with van der Waals surface area (Å²) in [6.07, 6.45) is 0.777. The van der Waals surface area contributed by atoms with Gasteiger partial charge in [-0.1, -0.05) is 35.3 Å². The number of amides is 2. The topological polar surface area (TPSA) is 204 Å². The number of nitro groups is 2. The number of benzene rings is 2. The van der Waals surface area contributed by atoms with Gasteiger partial charge in [-0.15, -0.1) is 0 Å². The first-order valence-corrected chi connectivity index (χ1v) is 10.8. The lowest BCUT2D eigenvalue weighted by Gasteiger charge is -2.12. The van der Waals surface area contributed by atoms with E-state index < -0.39 is 34.0 Å². The van der Waals surface area contributed by atoms with E-state index in [9.17, 15) is 29.8 Å². The molecule has 1 heterocycles. The van der Waals surface area contributed by atoms with Crippen LogP contribution in [0.5, 0.6) is 5.75 Å². The molecule has 0 radical (unpaired) electrons. The highest BCUT2D eigenvalue weighted by molar-refractivity contribution is 6.35. The molecule has 3 aromatic rings. The molecule has 0 aliphatic rings. The first-order chi connectivity index (χ1) is 17.6. The minimum absolute atomic E-state index is 0.133. The Balaban J connectivity index is 1.58. The molecule has 0 saturated carbocycles. The standard InChI is InChI=1S/C20H16Cl2N8O7/c21-12-3-6-15(14(22)8-12)37-9-17(32)26-28-20-18(30(35)36)19(23-10-24-20)27-25-16(31)7-11-1-4-13(5-2-11)29(33)34/h1-6,8,10H,7,9H2,(H,25,31)(H,26,32)(H2,23,24,27,28). The second-order valence-electron chi connectivity index (χ2n) is 6.99. The van der Waals surface area contributed by atoms with Gasteiger partial charge in [-0.3, -0.25) is 51.5 Å². The summed E-state index contributed by atoms with van der Waals surface area (Å²) in [5, 5.41) is 22.9. The van der Waals surface area contributed by atoms with Crippen molar-refractivity contribution in [1.29, 1.82) is 0 Å². The van der Waals surface area contributed by atoms with Gasteiger partial charge in [-0.2, -0.15) is 0 Å². The van der Waals surface area contributed by atoms with E-state index >= 15 is 0 Å². The van der Waals surface area contributed by atoms with Crippen molar-refractivity contribution < 1.29 is 24.2 Å². The van der Waals surface area contributed by atoms with Crippen LogP contribution in [0.2, 0.25) is 10.0 Å². The Morgan fingerprint density at radius 3 is 2.08 bits per heavy atom. The van der Waals surface area contributed by atoms with Crippen molar-refractivity contribution in [2.75, 3.05) is 17.5 Å². The van der Waals surface area contributed by atoms with Crippen molar-refractivity contribution in [3.63, 3.8) is 0 Å². The van der Waals surface area contributed by atoms with Gasteiger partial charge in [0.1, 0.15) is 12.1 Å². The number of carbonyl (C=O) groups is 2. The quantitative estimate of drug-likeness (QED) is 0.201. The fraction of sp³-hybridized carbons (Fsp3) is 0.100. The summed E-state index contributed by atoms with van der Waals surface area (Å²) in [6, 6.07) is 9.70. The summed E-state index contributed by atoms with van der Waals surface area (Å²) in [7, 11) is 0. The van der Waals surface area contributed by atoms with Gasteiger partial charge in [-0.05, 0) is 23.8 Å². The zero-order valence-electron chi connectivity index (χ0n) is 18.4. The molecule has 0 unspecified atom stereocenters. The van der Waals surface area contributed by atoms with Crippen LogP contribution in [0, 0.1) is 20.2 Å². The monoisotopic (exact) mass is 550 g/mol. The normalized spacial score (nSPS) is 10.2. The molecule has 4 N–H and O–H groups in total. The first-order valence-electron chi connectivity index (χ1n) is 10.0. The van der Waals surface area contributed by atoms with E-state index in [0.717, 1.165) is 6.33 Å². The highest BCUT2D eigenvalue weighted by Gasteiger charge is 2.24. The van der Waals surface area contributed by atoms with Crippen LogP contribution in [0.3, 0.4) is 0 Å². The van der Waals surface area contributed by atoms with Crippen molar-refractivity contribution in [3.8, 4) is 5.75 Å². The van der Waals surface area contributed by atoms with Crippen LogP contribution in [0.25, 0.3) is 0 Å². The second-order valence-corrected chi connectivity index (χ2v) is 7.83. The zero-order valence-corrected chi connectivity index (χ0v) is 19.9. The largest absolute Gasteiger partial charge is 0.482 e. The molecular weight excluding hydrogens is 535 g/mol. The van der Waals surface area contributed by atoms with Crippen molar-refractivity contribution >= 4 is 58.0 Å². The Morgan fingerprint density at radius 2 is 1.51 bits per heavy atom. The summed E-state index contributed by atoms with van der Waals surface area (Å²) in [5.41, 5.74) is 8.72. The lowest BCUT2D eigenvalue weighted by atomic mass is 10.1. The van der Waals surface area contributed by atoms with Gasteiger partial charge >= 0.3 is 5.69 Å². The Hall–Kier alpha value is -4.76. The Labute approximate surface area is 217 Å². The number of nitro benzene ring substituents is 1. The summed E-state index contributed by atoms with van der Waals surface area (Å²) in [5.74, 6) is -1.89. The van der Waals surface area contributed by atoms with E-state index in [0.29, 0.717) is 10.6 Å². The van der Waals surface area contributed by atoms with Crippen molar-refractivity contribution in [3.05, 3.63) is 84.6 Å². The molecule has 192 valence electrons. The van der Waals surface area contributed by atoms with Gasteiger partial charge in [0, 0.05) is 17.2 Å². The molecule has 17 heteroatoms. The lowest BCUT2D eigenvalue weighted by molar-refractivity contribution is -0.384. The smallest absolute Gasteiger partial charge is 0.356 e. The van der Waals surface area contributed by atoms with Crippen LogP contribution < -0.4 is 26.4 Å². The molecule has 0 atom stereocenters. The third kappa shape index (κ3) is 7.61. The van der Waals surface area contributed by atoms with E-state index in [1.54, 1.807) is 0 Å². The van der Waals surface area contributed by atoms with E-state index in [1.807, 2.05) is 0 Å². The summed E-state index contributed by atoms with van der Waals surface area (Å²) in [4.78, 5) is 52.7. The fourth-order valence-electron chi connectivity index (χ4n) is 2.73. The number of nitrogens with zero attached hydrogens (tertiary/aromatic N) is 4. The number of aromatic nitrogens is 2. The predicted octanol–water partition coefficient (Wildman–Crippen LogP) is 2.81. The van der Waals surface area contributed by atoms with Gasteiger partial charge < -0.3 is 4.74 Å². The highest BCUT2D eigenvalue weighted by atomic mass is 35.5. The number of hydrogen-bond acceptors (Lipinski definition) is 11. The van der Waals surface area contributed by atoms with Crippen LogP contribution in [-0.2, 0) is 16.0 Å². The SMILES string of the molecule is O=C(COc1ccc(Cl)cc1Cl)NNc1ncnc(NNC(=O)Cc2ccc([N+](=O)[O-])cc2)c1[N+](=O)[O-]. The molecule has 0 aliphatic carbocycles. The van der Waals surface area contributed by atoms with E-state index in [4.69, 9.17) is 27.9 Å². The van der Waals surface area contributed by atoms with Crippen LogP contribution in [-0.4, -0.2) is 38.2 Å². The number of halogens is 2. The Bertz CT molecular complexity index is 1340. The average Bonchev–Trinajstić information content (AvgIpc) is 2.85. The number of ether oxygens (including phenoxy) is 1. The predicted molar refractivity (Wildman–Crippen MR) is 131 cm³/mol. The molecule has 15 nitrogen and oxygen atoms in total. The maximum Gasteiger partial charge on any atom is 0.356 e. The molecule has 3 rings (SSSR count). The van der Waals surface area contributed by atoms with Crippen LogP contribution in [0.4, 0.5) is 23.0 Å². The molecule has 0 bridgehead atoms. The Kier molecular flexibility index (Phi) is 8.90. The maximum absolute atomic E-state index is 12.2. The molecular formula is C20H16Cl2N8O7. The first kappa shape index (κ1) is 26.8. The number of non-ortho nitro benzene ring substituents is 1. The molecule has 0 saturated heterocycles. The van der Waals surface area contributed by atoms with Crippen LogP contribution in [0.1, 0.15) is 5.56 Å². The zero-order chi connectivity index (χ0) is 26.9. The summed E-state index contributed by atoms with van der Waals surface area (Å²) >= 11 is 11.8. The molecule has 1 aromatic heterocycles. The van der Waals surface area contributed by atoms with Gasteiger partial charge in [0.25, 0.3) is 11.6 Å². The second kappa shape index (κ2) is 12.3. The molecule has 2 aromatic carbocycles. The summed E-state index contributed by atoms with van der Waals surface area (Å²) < 4.78 is 5.27. The molecule has 0 fully saturated rings. The minimum Gasteiger partial charge on any atom is -0.482 e. The number of anilines is 2. The van der Waals surface area contributed by atoms with E-state index in [-0.39, 0.29) is 34.5 Å². The average molecular weight is 551 g/mol. The number of hydrogen-bond donors (Lipinski definition) is 4. The van der Waals surface area contributed by atoms with Crippen LogP contribution in [0.15, 0.2) is 48.8 Å². The number of carbonyl (C=O) groups excluding carboxylic acids is 2. The van der Waals surface area contributed by atoms with Crippen LogP contribution >= 0.6 is 23.2 Å². The Morgan fingerprint density at radius 1 is 0.892 bits per heavy atom. The van der Waals surface area contributed by atoms with Gasteiger partial charge in [0.05, 0.1) is 21.3 Å². The third-order valence-corrected chi connectivity index (χ3v) is 4.94. The van der Waals surface area contributed by atoms with Crippen molar-refractivity contribution in [2.24, 2.45) is 0 Å². The maximum atomic E-state index is 12.2. The third-order valence-electron chi connectivity index (χ3n) is 4.41. The molecule has 2 amide bonds. The van der Waals surface area contributed by atoms with Crippen molar-refractivity contribution in [2.45, 2.75) is 6.42 Å². The fourth-order valence-corrected chi connectivity index (χ4v) is 3.19. The van der Waals surface area contributed by atoms with Gasteiger partial charge in [0.2, 0.25) is 17.5 Å². The minimum atomic E-state index is -0.830. The number of hydrazine groups is 2. The molecule has 0 aliphatic heterocycles. The summed E-state index contributed by atoms with van der Waals surface area (Å²) in [6.45, 7) is -0.489. The number of nitrogens with one attached hydrogen (secondary N) is 4. The van der Waals surface area contributed by atoms with E-state index in [1.165, 1.54) is 42.5 Å². The lowest BCUT2D eigenvalue weighted by Crippen LogP contribution is -2.35. The van der Waals surface area contributed by atoms with E-state index in [2.05, 4.69) is 31.7 Å². The van der Waals surface area contributed by atoms with Crippen molar-refractivity contribution in [1.82, 2.24) is 20.8 Å². The van der Waals surface area contributed by atoms with Gasteiger partial charge in [0.15, 0.2) is 6.61 Å². The van der Waals surface area contributed by atoms with Gasteiger partial charge in [-0.25, -0.2) is 9.97 Å².